The molecule has 2 amide bonds. The van der Waals surface area contributed by atoms with Crippen LogP contribution in [0.1, 0.15) is 38.5 Å². The molecule has 0 radical (unpaired) electrons. The van der Waals surface area contributed by atoms with Crippen molar-refractivity contribution in [3.63, 3.8) is 0 Å². The van der Waals surface area contributed by atoms with E-state index in [0.717, 1.165) is 44.4 Å². The summed E-state index contributed by atoms with van der Waals surface area (Å²) in [5, 5.41) is 5.63. The highest BCUT2D eigenvalue weighted by Crippen LogP contribution is 2.72. The highest BCUT2D eigenvalue weighted by Gasteiger charge is 2.69. The summed E-state index contributed by atoms with van der Waals surface area (Å²) in [6.45, 7) is 4.01. The van der Waals surface area contributed by atoms with Gasteiger partial charge < -0.3 is 15.5 Å². The number of unbranched alkanes of at least 4 members (excludes halogenated alkanes) is 1. The van der Waals surface area contributed by atoms with E-state index in [1.807, 2.05) is 0 Å². The van der Waals surface area contributed by atoms with Gasteiger partial charge in [0.05, 0.1) is 22.0 Å². The lowest BCUT2D eigenvalue weighted by Gasteiger charge is -2.26. The second-order valence-electron chi connectivity index (χ2n) is 10.0. The zero-order valence-electron chi connectivity index (χ0n) is 18.6. The molecule has 1 spiro atoms. The Balaban J connectivity index is 1.24. The zero-order valence-corrected chi connectivity index (χ0v) is 20.2. The second-order valence-corrected chi connectivity index (χ2v) is 10.9. The molecule has 3 fully saturated rings. The molecule has 4 aliphatic rings. The number of hydrogen-bond donors (Lipinski definition) is 2. The van der Waals surface area contributed by atoms with Gasteiger partial charge in [-0.2, -0.15) is 0 Å². The number of carbonyl (C=O) groups excluding carboxylic acids is 2. The first-order chi connectivity index (χ1) is 15.9. The van der Waals surface area contributed by atoms with Gasteiger partial charge in [-0.25, -0.2) is 8.78 Å². The molecule has 2 saturated carbocycles. The van der Waals surface area contributed by atoms with Gasteiger partial charge in [0.15, 0.2) is 0 Å². The Morgan fingerprint density at radius 2 is 1.67 bits per heavy atom. The molecule has 0 unspecified atom stereocenters. The van der Waals surface area contributed by atoms with E-state index in [9.17, 15) is 18.4 Å². The highest BCUT2D eigenvalue weighted by atomic mass is 79.9. The van der Waals surface area contributed by atoms with E-state index >= 15 is 0 Å². The van der Waals surface area contributed by atoms with E-state index in [1.54, 1.807) is 0 Å². The standard InChI is InChI=1S/C25H30BrF2N3O2/c26-17-13-19(28)20(14-18(17)27)30-24(33)22-16-6-5-15(25(16)7-8-25)21(22)23(32)29-9-1-2-10-31-11-3-4-12-31/h5-6,13-16,21-22H,1-4,7-12H2,(H,29,32)(H,30,33)/t15-,16+,21-,22-/m1/s1. The lowest BCUT2D eigenvalue weighted by molar-refractivity contribution is -0.132. The number of likely N-dealkylation sites (tertiary alicyclic amines) is 1. The van der Waals surface area contributed by atoms with Crippen LogP contribution in [0, 0.1) is 40.7 Å². The lowest BCUT2D eigenvalue weighted by Crippen LogP contribution is -2.42. The molecule has 0 aromatic heterocycles. The number of anilines is 1. The maximum Gasteiger partial charge on any atom is 0.229 e. The Hall–Kier alpha value is -1.80. The van der Waals surface area contributed by atoms with Crippen LogP contribution in [0.4, 0.5) is 14.5 Å². The van der Waals surface area contributed by atoms with Crippen molar-refractivity contribution in [1.29, 1.82) is 0 Å². The van der Waals surface area contributed by atoms with Crippen molar-refractivity contribution in [2.24, 2.45) is 29.1 Å². The van der Waals surface area contributed by atoms with Crippen LogP contribution in [-0.2, 0) is 9.59 Å². The Morgan fingerprint density at radius 1 is 1.00 bits per heavy atom. The van der Waals surface area contributed by atoms with Gasteiger partial charge in [-0.05, 0) is 97.4 Å². The molecule has 3 aliphatic carbocycles. The molecular weight excluding hydrogens is 492 g/mol. The minimum atomic E-state index is -0.713. The fourth-order valence-electron chi connectivity index (χ4n) is 6.34. The number of allylic oxidation sites excluding steroid dienone is 2. The Bertz CT molecular complexity index is 975. The molecule has 2 N–H and O–H groups in total. The summed E-state index contributed by atoms with van der Waals surface area (Å²) in [7, 11) is 0. The maximum absolute atomic E-state index is 14.3. The molecule has 1 aromatic rings. The Kier molecular flexibility index (Phi) is 6.33. The first kappa shape index (κ1) is 23.0. The number of hydrogen-bond acceptors (Lipinski definition) is 3. The lowest BCUT2D eigenvalue weighted by atomic mass is 9.81. The summed E-state index contributed by atoms with van der Waals surface area (Å²) >= 11 is 2.95. The van der Waals surface area contributed by atoms with Crippen LogP contribution < -0.4 is 10.6 Å². The number of nitrogens with one attached hydrogen (secondary N) is 2. The maximum atomic E-state index is 14.3. The summed E-state index contributed by atoms with van der Waals surface area (Å²) in [6, 6.07) is 1.98. The van der Waals surface area contributed by atoms with E-state index in [2.05, 4.69) is 43.6 Å². The van der Waals surface area contributed by atoms with Gasteiger partial charge in [-0.15, -0.1) is 0 Å². The van der Waals surface area contributed by atoms with Gasteiger partial charge in [-0.3, -0.25) is 9.59 Å². The number of amides is 2. The quantitative estimate of drug-likeness (QED) is 0.301. The van der Waals surface area contributed by atoms with Crippen molar-refractivity contribution < 1.29 is 18.4 Å². The van der Waals surface area contributed by atoms with E-state index in [-0.39, 0.29) is 33.3 Å². The van der Waals surface area contributed by atoms with Gasteiger partial charge in [0, 0.05) is 12.6 Å². The smallest absolute Gasteiger partial charge is 0.229 e. The first-order valence-corrected chi connectivity index (χ1v) is 12.8. The number of nitrogens with zero attached hydrogens (tertiary/aromatic N) is 1. The molecule has 1 aromatic carbocycles. The van der Waals surface area contributed by atoms with Gasteiger partial charge >= 0.3 is 0 Å². The van der Waals surface area contributed by atoms with Crippen molar-refractivity contribution in [2.45, 2.75) is 38.5 Å². The van der Waals surface area contributed by atoms with Crippen LogP contribution >= 0.6 is 15.9 Å². The highest BCUT2D eigenvalue weighted by molar-refractivity contribution is 9.10. The minimum Gasteiger partial charge on any atom is -0.356 e. The molecule has 5 nitrogen and oxygen atoms in total. The van der Waals surface area contributed by atoms with Crippen LogP contribution in [0.3, 0.4) is 0 Å². The summed E-state index contributed by atoms with van der Waals surface area (Å²) in [5.41, 5.74) is -0.207. The van der Waals surface area contributed by atoms with Crippen LogP contribution in [0.15, 0.2) is 28.8 Å². The molecule has 178 valence electrons. The predicted molar refractivity (Wildman–Crippen MR) is 125 cm³/mol. The normalized spacial score (nSPS) is 29.1. The summed E-state index contributed by atoms with van der Waals surface area (Å²) in [4.78, 5) is 29.0. The van der Waals surface area contributed by atoms with Gasteiger partial charge in [0.1, 0.15) is 11.6 Å². The third-order valence-electron chi connectivity index (χ3n) is 8.11. The average molecular weight is 522 g/mol. The minimum absolute atomic E-state index is 0.000209. The molecule has 2 bridgehead atoms. The molecule has 33 heavy (non-hydrogen) atoms. The van der Waals surface area contributed by atoms with Crippen molar-refractivity contribution in [1.82, 2.24) is 10.2 Å². The van der Waals surface area contributed by atoms with Crippen molar-refractivity contribution in [3.8, 4) is 0 Å². The molecule has 1 saturated heterocycles. The van der Waals surface area contributed by atoms with Gasteiger partial charge in [0.25, 0.3) is 0 Å². The molecular formula is C25H30BrF2N3O2. The molecule has 8 heteroatoms. The van der Waals surface area contributed by atoms with Crippen LogP contribution in [0.25, 0.3) is 0 Å². The summed E-state index contributed by atoms with van der Waals surface area (Å²) < 4.78 is 28.3. The number of rotatable bonds is 8. The Labute approximate surface area is 201 Å². The average Bonchev–Trinajstić information content (AvgIpc) is 3.14. The number of carbonyl (C=O) groups is 2. The first-order valence-electron chi connectivity index (χ1n) is 12.0. The number of benzene rings is 1. The van der Waals surface area contributed by atoms with E-state index in [4.69, 9.17) is 0 Å². The fraction of sp³-hybridized carbons (Fsp3) is 0.600. The largest absolute Gasteiger partial charge is 0.356 e. The topological polar surface area (TPSA) is 61.4 Å². The third-order valence-corrected chi connectivity index (χ3v) is 8.72. The predicted octanol–water partition coefficient (Wildman–Crippen LogP) is 4.49. The van der Waals surface area contributed by atoms with Crippen molar-refractivity contribution in [3.05, 3.63) is 40.4 Å². The van der Waals surface area contributed by atoms with Gasteiger partial charge in [0.2, 0.25) is 11.8 Å². The molecule has 1 aliphatic heterocycles. The van der Waals surface area contributed by atoms with E-state index < -0.39 is 29.4 Å². The van der Waals surface area contributed by atoms with Crippen LogP contribution in [-0.4, -0.2) is 42.9 Å². The van der Waals surface area contributed by atoms with Crippen molar-refractivity contribution >= 4 is 33.4 Å². The molecule has 4 atom stereocenters. The fourth-order valence-corrected chi connectivity index (χ4v) is 6.66. The number of halogens is 3. The zero-order chi connectivity index (χ0) is 23.2. The van der Waals surface area contributed by atoms with Gasteiger partial charge in [-0.1, -0.05) is 12.2 Å². The molecule has 1 heterocycles. The summed E-state index contributed by atoms with van der Waals surface area (Å²) in [6.07, 6.45) is 10.6. The summed E-state index contributed by atoms with van der Waals surface area (Å²) in [5.74, 6) is -2.90. The van der Waals surface area contributed by atoms with Crippen LogP contribution in [0.5, 0.6) is 0 Å². The monoisotopic (exact) mass is 521 g/mol. The van der Waals surface area contributed by atoms with E-state index in [0.29, 0.717) is 6.54 Å². The van der Waals surface area contributed by atoms with Crippen molar-refractivity contribution in [2.75, 3.05) is 31.5 Å². The van der Waals surface area contributed by atoms with E-state index in [1.165, 1.54) is 25.9 Å². The Morgan fingerprint density at radius 3 is 2.33 bits per heavy atom. The second kappa shape index (κ2) is 9.10. The molecule has 5 rings (SSSR count). The van der Waals surface area contributed by atoms with Crippen LogP contribution in [0.2, 0.25) is 0 Å². The SMILES string of the molecule is O=C(NCCCCN1CCCC1)[C@H]1[C@H](C(=O)Nc2cc(F)c(Br)cc2F)[C@@H]2C=C[C@H]1C21CC1. The third kappa shape index (κ3) is 4.25.